The van der Waals surface area contributed by atoms with Gasteiger partial charge in [0.1, 0.15) is 0 Å². The van der Waals surface area contributed by atoms with Gasteiger partial charge in [-0.25, -0.2) is 0 Å². The summed E-state index contributed by atoms with van der Waals surface area (Å²) in [4.78, 5) is 10.8. The third kappa shape index (κ3) is 7.22. The Balaban J connectivity index is 3.83. The third-order valence-corrected chi connectivity index (χ3v) is 9.93. The highest BCUT2D eigenvalue weighted by Gasteiger charge is 2.33. The predicted molar refractivity (Wildman–Crippen MR) is 86.4 cm³/mol. The van der Waals surface area contributed by atoms with Crippen molar-refractivity contribution in [2.24, 2.45) is 5.73 Å². The summed E-state index contributed by atoms with van der Waals surface area (Å²) in [6.45, 7) is 16.1. The Morgan fingerprint density at radius 3 is 2.40 bits per heavy atom. The number of carbonyl (C=O) groups excluding carboxylic acids is 1. The average molecular weight is 302 g/mol. The summed E-state index contributed by atoms with van der Waals surface area (Å²) < 4.78 is 5.46. The van der Waals surface area contributed by atoms with Crippen LogP contribution in [-0.4, -0.2) is 38.4 Å². The molecule has 20 heavy (non-hydrogen) atoms. The van der Waals surface area contributed by atoms with Gasteiger partial charge in [-0.2, -0.15) is 0 Å². The van der Waals surface area contributed by atoms with Crippen molar-refractivity contribution in [3.05, 3.63) is 12.2 Å². The normalized spacial score (nSPS) is 14.1. The number of hydrogen-bond acceptors (Lipinski definition) is 3. The average Bonchev–Trinajstić information content (AvgIpc) is 2.26. The maximum Gasteiger partial charge on any atom is 0.244 e. The van der Waals surface area contributed by atoms with E-state index in [0.29, 0.717) is 11.6 Å². The second-order valence-corrected chi connectivity index (χ2v) is 12.9. The summed E-state index contributed by atoms with van der Waals surface area (Å²) in [6.07, 6.45) is 0.486. The Labute approximate surface area is 124 Å². The number of hydrogen-bond donors (Lipinski definition) is 2. The van der Waals surface area contributed by atoms with Crippen LogP contribution >= 0.6 is 0 Å². The van der Waals surface area contributed by atoms with Gasteiger partial charge >= 0.3 is 0 Å². The summed E-state index contributed by atoms with van der Waals surface area (Å²) in [5.41, 5.74) is 5.30. The van der Waals surface area contributed by atoms with Crippen LogP contribution < -0.4 is 5.73 Å². The molecule has 0 fully saturated rings. The van der Waals surface area contributed by atoms with E-state index < -0.39 is 20.1 Å². The van der Waals surface area contributed by atoms with Crippen molar-refractivity contribution >= 4 is 14.0 Å². The zero-order valence-corrected chi connectivity index (χ0v) is 14.7. The van der Waals surface area contributed by atoms with Gasteiger partial charge in [0.25, 0.3) is 0 Å². The molecule has 0 rings (SSSR count). The van der Waals surface area contributed by atoms with E-state index in [-0.39, 0.29) is 18.6 Å². The van der Waals surface area contributed by atoms with E-state index in [0.717, 1.165) is 6.42 Å². The quantitative estimate of drug-likeness (QED) is 0.391. The lowest BCUT2D eigenvalue weighted by Crippen LogP contribution is -2.37. The van der Waals surface area contributed by atoms with Crippen molar-refractivity contribution in [2.75, 3.05) is 13.2 Å². The molecule has 1 atom stereocenters. The molecule has 0 aliphatic carbocycles. The minimum Gasteiger partial charge on any atom is -0.390 e. The first-order valence-corrected chi connectivity index (χ1v) is 10.4. The smallest absolute Gasteiger partial charge is 0.244 e. The molecular weight excluding hydrogens is 270 g/mol. The molecule has 3 N–H and O–H groups in total. The molecule has 1 unspecified atom stereocenters. The molecule has 0 saturated carbocycles. The van der Waals surface area contributed by atoms with Crippen LogP contribution in [0, 0.1) is 0 Å². The highest BCUT2D eigenvalue weighted by molar-refractivity contribution is 6.80. The van der Waals surface area contributed by atoms with Gasteiger partial charge in [-0.05, 0) is 11.5 Å². The maximum absolute atomic E-state index is 10.8. The summed E-state index contributed by atoms with van der Waals surface area (Å²) in [7, 11) is -1.24. The van der Waals surface area contributed by atoms with E-state index in [2.05, 4.69) is 40.4 Å². The minimum absolute atomic E-state index is 0.178. The number of rotatable bonds is 9. The van der Waals surface area contributed by atoms with Gasteiger partial charge < -0.3 is 15.6 Å². The van der Waals surface area contributed by atoms with E-state index in [9.17, 15) is 9.90 Å². The lowest BCUT2D eigenvalue weighted by Gasteiger charge is -2.37. The Hall–Kier alpha value is -0.653. The number of carbonyl (C=O) groups is 1. The Kier molecular flexibility index (Phi) is 7.69. The molecule has 1 amide bonds. The number of ether oxygens (including phenoxy) is 1. The molecule has 0 aromatic heterocycles. The number of aliphatic hydroxyl groups is 1. The van der Waals surface area contributed by atoms with Crippen LogP contribution in [0.2, 0.25) is 24.2 Å². The molecule has 0 aliphatic rings. The highest BCUT2D eigenvalue weighted by atomic mass is 28.3. The van der Waals surface area contributed by atoms with Gasteiger partial charge in [0.15, 0.2) is 0 Å². The molecule has 0 heterocycles. The van der Waals surface area contributed by atoms with Crippen molar-refractivity contribution < 1.29 is 14.6 Å². The Morgan fingerprint density at radius 2 is 1.95 bits per heavy atom. The molecular formula is C15H31NO3Si. The molecule has 0 radical (unpaired) electrons. The van der Waals surface area contributed by atoms with Crippen molar-refractivity contribution in [2.45, 2.75) is 63.9 Å². The molecule has 0 bridgehead atoms. The molecule has 118 valence electrons. The standard InChI is InChI=1S/C15H31NO3Si/c1-12(14(16)18)10-13(17)11-19-8-7-9-20(5,6)15(2,3)4/h13,17H,1,7-11H2,2-6H3,(H2,16,18). The second-order valence-electron chi connectivity index (χ2n) is 7.14. The lowest BCUT2D eigenvalue weighted by molar-refractivity contribution is -0.115. The predicted octanol–water partition coefficient (Wildman–Crippen LogP) is 2.69. The maximum atomic E-state index is 10.8. The van der Waals surface area contributed by atoms with E-state index >= 15 is 0 Å². The fourth-order valence-electron chi connectivity index (χ4n) is 1.65. The van der Waals surface area contributed by atoms with Crippen LogP contribution in [0.25, 0.3) is 0 Å². The highest BCUT2D eigenvalue weighted by Crippen LogP contribution is 2.39. The summed E-state index contributed by atoms with van der Waals surface area (Å²) in [5.74, 6) is -0.568. The van der Waals surface area contributed by atoms with Gasteiger partial charge in [-0.3, -0.25) is 4.79 Å². The van der Waals surface area contributed by atoms with Gasteiger partial charge in [0, 0.05) is 18.6 Å². The minimum atomic E-state index is -1.24. The van der Waals surface area contributed by atoms with Crippen LogP contribution in [0.15, 0.2) is 12.2 Å². The van der Waals surface area contributed by atoms with Crippen LogP contribution in [0.4, 0.5) is 0 Å². The number of aliphatic hydroxyl groups excluding tert-OH is 1. The monoisotopic (exact) mass is 301 g/mol. The SMILES string of the molecule is C=C(CC(O)COCCC[Si](C)(C)C(C)(C)C)C(N)=O. The number of nitrogens with two attached hydrogens (primary N) is 1. The first-order chi connectivity index (χ1) is 8.97. The molecule has 0 aromatic rings. The first-order valence-electron chi connectivity index (χ1n) is 7.21. The van der Waals surface area contributed by atoms with Crippen molar-refractivity contribution in [1.29, 1.82) is 0 Å². The summed E-state index contributed by atoms with van der Waals surface area (Å²) >= 11 is 0. The Bertz CT molecular complexity index is 335. The number of primary amides is 1. The molecule has 0 spiro atoms. The molecule has 0 saturated heterocycles. The zero-order chi connectivity index (χ0) is 16.0. The van der Waals surface area contributed by atoms with Crippen LogP contribution in [0.5, 0.6) is 0 Å². The molecule has 0 aliphatic heterocycles. The Morgan fingerprint density at radius 1 is 1.40 bits per heavy atom. The largest absolute Gasteiger partial charge is 0.390 e. The van der Waals surface area contributed by atoms with Crippen molar-refractivity contribution in [1.82, 2.24) is 0 Å². The molecule has 5 heteroatoms. The lowest BCUT2D eigenvalue weighted by atomic mass is 10.1. The second kappa shape index (κ2) is 7.95. The summed E-state index contributed by atoms with van der Waals surface area (Å²) in [5, 5.41) is 10.1. The van der Waals surface area contributed by atoms with E-state index in [1.165, 1.54) is 6.04 Å². The van der Waals surface area contributed by atoms with Crippen LogP contribution in [0.1, 0.15) is 33.6 Å². The summed E-state index contributed by atoms with van der Waals surface area (Å²) in [6, 6.07) is 1.21. The van der Waals surface area contributed by atoms with Gasteiger partial charge in [-0.15, -0.1) is 0 Å². The van der Waals surface area contributed by atoms with E-state index in [4.69, 9.17) is 10.5 Å². The molecule has 4 nitrogen and oxygen atoms in total. The van der Waals surface area contributed by atoms with Crippen LogP contribution in [-0.2, 0) is 9.53 Å². The molecule has 0 aromatic carbocycles. The first kappa shape index (κ1) is 19.3. The van der Waals surface area contributed by atoms with Gasteiger partial charge in [0.05, 0.1) is 20.8 Å². The topological polar surface area (TPSA) is 72.6 Å². The fourth-order valence-corrected chi connectivity index (χ4v) is 3.43. The van der Waals surface area contributed by atoms with Crippen molar-refractivity contribution in [3.63, 3.8) is 0 Å². The van der Waals surface area contributed by atoms with Gasteiger partial charge in [-0.1, -0.05) is 46.5 Å². The zero-order valence-electron chi connectivity index (χ0n) is 13.7. The van der Waals surface area contributed by atoms with E-state index in [1.807, 2.05) is 0 Å². The number of amides is 1. The van der Waals surface area contributed by atoms with E-state index in [1.54, 1.807) is 0 Å². The fraction of sp³-hybridized carbons (Fsp3) is 0.800. The third-order valence-electron chi connectivity index (χ3n) is 4.26. The van der Waals surface area contributed by atoms with Crippen LogP contribution in [0.3, 0.4) is 0 Å². The van der Waals surface area contributed by atoms with Gasteiger partial charge in [0.2, 0.25) is 5.91 Å². The van der Waals surface area contributed by atoms with Crippen molar-refractivity contribution in [3.8, 4) is 0 Å².